The highest BCUT2D eigenvalue weighted by molar-refractivity contribution is 5.85. The van der Waals surface area contributed by atoms with E-state index in [9.17, 15) is 10.1 Å². The van der Waals surface area contributed by atoms with Crippen molar-refractivity contribution in [1.82, 2.24) is 10.3 Å². The van der Waals surface area contributed by atoms with Gasteiger partial charge in [0.05, 0.1) is 4.92 Å². The molecule has 0 aliphatic carbocycles. The van der Waals surface area contributed by atoms with Gasteiger partial charge >= 0.3 is 0 Å². The smallest absolute Gasteiger partial charge is 0.298 e. The Labute approximate surface area is 121 Å². The highest BCUT2D eigenvalue weighted by Gasteiger charge is 2.23. The van der Waals surface area contributed by atoms with Gasteiger partial charge in [0.15, 0.2) is 5.58 Å². The zero-order valence-electron chi connectivity index (χ0n) is 10.9. The van der Waals surface area contributed by atoms with Gasteiger partial charge in [-0.05, 0) is 19.0 Å². The molecule has 1 aliphatic rings. The average molecular weight is 299 g/mol. The first-order valence-corrected chi connectivity index (χ1v) is 6.13. The van der Waals surface area contributed by atoms with Crippen LogP contribution in [0.5, 0.6) is 0 Å². The summed E-state index contributed by atoms with van der Waals surface area (Å²) >= 11 is 0. The number of nitrogens with one attached hydrogen (secondary N) is 1. The second kappa shape index (κ2) is 5.64. The molecule has 1 aliphatic heterocycles. The Morgan fingerprint density at radius 3 is 3.00 bits per heavy atom. The molecule has 20 heavy (non-hydrogen) atoms. The average Bonchev–Trinajstić information content (AvgIpc) is 3.06. The Morgan fingerprint density at radius 1 is 1.55 bits per heavy atom. The van der Waals surface area contributed by atoms with Crippen molar-refractivity contribution in [2.24, 2.45) is 0 Å². The number of benzene rings is 1. The monoisotopic (exact) mass is 298 g/mol. The second-order valence-corrected chi connectivity index (χ2v) is 4.66. The van der Waals surface area contributed by atoms with Gasteiger partial charge in [0.25, 0.3) is 11.7 Å². The summed E-state index contributed by atoms with van der Waals surface area (Å²) in [5, 5.41) is 14.0. The summed E-state index contributed by atoms with van der Waals surface area (Å²) in [6.45, 7) is 1.88. The quantitative estimate of drug-likeness (QED) is 0.689. The zero-order chi connectivity index (χ0) is 13.4. The minimum absolute atomic E-state index is 0. The molecule has 0 spiro atoms. The van der Waals surface area contributed by atoms with Crippen LogP contribution in [0, 0.1) is 10.1 Å². The Hall–Kier alpha value is -1.86. The summed E-state index contributed by atoms with van der Waals surface area (Å²) in [4.78, 5) is 16.6. The molecular formula is C12H15ClN4O3. The largest absolute Gasteiger partial charge is 0.423 e. The lowest BCUT2D eigenvalue weighted by Crippen LogP contribution is -2.33. The maximum Gasteiger partial charge on any atom is 0.298 e. The standard InChI is InChI=1S/C12H14N4O3.ClH/c1-15(9-4-5-13-7-9)12-14-10-6-8(16(17)18)2-3-11(10)19-12;/h2-3,6,9,13H,4-5,7H2,1H3;1H/t9-;/m0./s1. The molecule has 2 aromatic rings. The molecule has 1 aromatic carbocycles. The summed E-state index contributed by atoms with van der Waals surface area (Å²) in [6, 6.07) is 5.30. The van der Waals surface area contributed by atoms with Gasteiger partial charge < -0.3 is 14.6 Å². The van der Waals surface area contributed by atoms with Gasteiger partial charge in [0.1, 0.15) is 5.52 Å². The molecule has 0 saturated carbocycles. The summed E-state index contributed by atoms with van der Waals surface area (Å²) < 4.78 is 5.64. The number of halogens is 1. The summed E-state index contributed by atoms with van der Waals surface area (Å²) in [5.41, 5.74) is 1.11. The van der Waals surface area contributed by atoms with Gasteiger partial charge in [-0.2, -0.15) is 4.98 Å². The molecule has 7 nitrogen and oxygen atoms in total. The molecule has 1 atom stereocenters. The van der Waals surface area contributed by atoms with Gasteiger partial charge in [0, 0.05) is 31.8 Å². The number of rotatable bonds is 3. The number of likely N-dealkylation sites (N-methyl/N-ethyl adjacent to an activating group) is 1. The third-order valence-corrected chi connectivity index (χ3v) is 3.45. The fourth-order valence-corrected chi connectivity index (χ4v) is 2.29. The molecule has 0 amide bonds. The molecule has 108 valence electrons. The number of fused-ring (bicyclic) bond motifs is 1. The zero-order valence-corrected chi connectivity index (χ0v) is 11.7. The SMILES string of the molecule is CN(c1nc2cc([N+](=O)[O-])ccc2o1)[C@H]1CCNC1.Cl. The predicted molar refractivity (Wildman–Crippen MR) is 77.6 cm³/mol. The van der Waals surface area contributed by atoms with E-state index >= 15 is 0 Å². The highest BCUT2D eigenvalue weighted by atomic mass is 35.5. The van der Waals surface area contributed by atoms with E-state index in [4.69, 9.17) is 4.42 Å². The molecule has 1 saturated heterocycles. The number of anilines is 1. The van der Waals surface area contributed by atoms with Gasteiger partial charge in [0.2, 0.25) is 0 Å². The van der Waals surface area contributed by atoms with Crippen molar-refractivity contribution >= 4 is 35.2 Å². The van der Waals surface area contributed by atoms with E-state index in [1.54, 1.807) is 6.07 Å². The van der Waals surface area contributed by atoms with Crippen LogP contribution in [0.25, 0.3) is 11.1 Å². The minimum atomic E-state index is -0.432. The van der Waals surface area contributed by atoms with Crippen molar-refractivity contribution in [3.63, 3.8) is 0 Å². The summed E-state index contributed by atoms with van der Waals surface area (Å²) in [6.07, 6.45) is 1.04. The molecule has 8 heteroatoms. The maximum atomic E-state index is 10.7. The first-order valence-electron chi connectivity index (χ1n) is 6.13. The topological polar surface area (TPSA) is 84.4 Å². The van der Waals surface area contributed by atoms with Crippen LogP contribution in [0.3, 0.4) is 0 Å². The van der Waals surface area contributed by atoms with E-state index in [-0.39, 0.29) is 18.1 Å². The number of nitro benzene ring substituents is 1. The van der Waals surface area contributed by atoms with Crippen molar-refractivity contribution in [1.29, 1.82) is 0 Å². The Morgan fingerprint density at radius 2 is 2.35 bits per heavy atom. The lowest BCUT2D eigenvalue weighted by Gasteiger charge is -2.21. The Kier molecular flexibility index (Phi) is 4.10. The van der Waals surface area contributed by atoms with Gasteiger partial charge in [-0.1, -0.05) is 0 Å². The normalized spacial score (nSPS) is 17.9. The fraction of sp³-hybridized carbons (Fsp3) is 0.417. The van der Waals surface area contributed by atoms with E-state index in [1.165, 1.54) is 12.1 Å². The molecule has 1 N–H and O–H groups in total. The number of hydrogen-bond donors (Lipinski definition) is 1. The minimum Gasteiger partial charge on any atom is -0.423 e. The maximum absolute atomic E-state index is 10.7. The predicted octanol–water partition coefficient (Wildman–Crippen LogP) is 1.96. The molecule has 2 heterocycles. The molecule has 3 rings (SSSR count). The molecule has 0 unspecified atom stereocenters. The van der Waals surface area contributed by atoms with Gasteiger partial charge in [-0.25, -0.2) is 0 Å². The van der Waals surface area contributed by atoms with E-state index in [1.807, 2.05) is 11.9 Å². The molecule has 0 radical (unpaired) electrons. The number of non-ortho nitro benzene ring substituents is 1. The number of hydrogen-bond acceptors (Lipinski definition) is 6. The van der Waals surface area contributed by atoms with Crippen LogP contribution >= 0.6 is 12.4 Å². The number of aromatic nitrogens is 1. The Balaban J connectivity index is 0.00000147. The Bertz CT molecular complexity index is 624. The van der Waals surface area contributed by atoms with E-state index in [0.717, 1.165) is 19.5 Å². The fourth-order valence-electron chi connectivity index (χ4n) is 2.29. The van der Waals surface area contributed by atoms with Crippen LogP contribution < -0.4 is 10.2 Å². The number of nitrogens with zero attached hydrogens (tertiary/aromatic N) is 3. The van der Waals surface area contributed by atoms with E-state index in [0.29, 0.717) is 23.2 Å². The van der Waals surface area contributed by atoms with Gasteiger partial charge in [-0.3, -0.25) is 10.1 Å². The van der Waals surface area contributed by atoms with Crippen LogP contribution in [-0.2, 0) is 0 Å². The van der Waals surface area contributed by atoms with Crippen LogP contribution in [-0.4, -0.2) is 36.1 Å². The molecule has 1 fully saturated rings. The first kappa shape index (κ1) is 14.5. The number of oxazole rings is 1. The summed E-state index contributed by atoms with van der Waals surface area (Å²) in [7, 11) is 1.93. The third kappa shape index (κ3) is 2.54. The number of nitro groups is 1. The first-order chi connectivity index (χ1) is 9.15. The summed E-state index contributed by atoms with van der Waals surface area (Å²) in [5.74, 6) is 0. The molecular weight excluding hydrogens is 284 g/mol. The van der Waals surface area contributed by atoms with E-state index < -0.39 is 4.92 Å². The third-order valence-electron chi connectivity index (χ3n) is 3.45. The van der Waals surface area contributed by atoms with Crippen molar-refractivity contribution in [2.45, 2.75) is 12.5 Å². The molecule has 0 bridgehead atoms. The van der Waals surface area contributed by atoms with Crippen LogP contribution in [0.15, 0.2) is 22.6 Å². The van der Waals surface area contributed by atoms with Crippen LogP contribution in [0.4, 0.5) is 11.7 Å². The van der Waals surface area contributed by atoms with Crippen LogP contribution in [0.1, 0.15) is 6.42 Å². The molecule has 1 aromatic heterocycles. The van der Waals surface area contributed by atoms with E-state index in [2.05, 4.69) is 10.3 Å². The van der Waals surface area contributed by atoms with Crippen molar-refractivity contribution < 1.29 is 9.34 Å². The van der Waals surface area contributed by atoms with Gasteiger partial charge in [-0.15, -0.1) is 12.4 Å². The van der Waals surface area contributed by atoms with Crippen LogP contribution in [0.2, 0.25) is 0 Å². The van der Waals surface area contributed by atoms with Crippen molar-refractivity contribution in [2.75, 3.05) is 25.0 Å². The van der Waals surface area contributed by atoms with Crippen molar-refractivity contribution in [3.8, 4) is 0 Å². The van der Waals surface area contributed by atoms with Crippen molar-refractivity contribution in [3.05, 3.63) is 28.3 Å². The lowest BCUT2D eigenvalue weighted by atomic mass is 10.2. The second-order valence-electron chi connectivity index (χ2n) is 4.66. The lowest BCUT2D eigenvalue weighted by molar-refractivity contribution is -0.384. The highest BCUT2D eigenvalue weighted by Crippen LogP contribution is 2.26.